The van der Waals surface area contributed by atoms with Gasteiger partial charge >= 0.3 is 0 Å². The van der Waals surface area contributed by atoms with Crippen molar-refractivity contribution in [1.82, 2.24) is 0 Å². The van der Waals surface area contributed by atoms with Gasteiger partial charge in [0, 0.05) is 0 Å². The summed E-state index contributed by atoms with van der Waals surface area (Å²) in [5, 5.41) is 0. The zero-order chi connectivity index (χ0) is 13.8. The molecule has 0 aliphatic heterocycles. The summed E-state index contributed by atoms with van der Waals surface area (Å²) in [6.07, 6.45) is 0.773. The van der Waals surface area contributed by atoms with Crippen LogP contribution in [-0.4, -0.2) is 6.54 Å². The van der Waals surface area contributed by atoms with Crippen LogP contribution in [0.5, 0.6) is 11.5 Å². The zero-order valence-electron chi connectivity index (χ0n) is 10.6. The van der Waals surface area contributed by atoms with Gasteiger partial charge in [-0.3, -0.25) is 0 Å². The summed E-state index contributed by atoms with van der Waals surface area (Å²) < 4.78 is 32.0. The van der Waals surface area contributed by atoms with Crippen molar-refractivity contribution < 1.29 is 13.5 Å². The fraction of sp³-hybridized carbons (Fsp3) is 0.200. The minimum absolute atomic E-state index is 0.116. The first-order chi connectivity index (χ1) is 9.11. The third-order valence-electron chi connectivity index (χ3n) is 2.81. The summed E-state index contributed by atoms with van der Waals surface area (Å²) in [7, 11) is 0. The van der Waals surface area contributed by atoms with E-state index in [0.717, 1.165) is 23.6 Å². The lowest BCUT2D eigenvalue weighted by Crippen LogP contribution is -2.03. The average molecular weight is 263 g/mol. The van der Waals surface area contributed by atoms with Crippen LogP contribution in [0.2, 0.25) is 0 Å². The van der Waals surface area contributed by atoms with E-state index in [0.29, 0.717) is 12.3 Å². The van der Waals surface area contributed by atoms with Gasteiger partial charge in [0.25, 0.3) is 0 Å². The fourth-order valence-electron chi connectivity index (χ4n) is 1.83. The van der Waals surface area contributed by atoms with Crippen LogP contribution < -0.4 is 10.5 Å². The molecule has 2 aromatic rings. The van der Waals surface area contributed by atoms with E-state index in [4.69, 9.17) is 10.5 Å². The highest BCUT2D eigenvalue weighted by Crippen LogP contribution is 2.28. The van der Waals surface area contributed by atoms with Gasteiger partial charge in [-0.1, -0.05) is 18.2 Å². The highest BCUT2D eigenvalue weighted by molar-refractivity contribution is 5.40. The normalized spacial score (nSPS) is 10.5. The first-order valence-electron chi connectivity index (χ1n) is 6.03. The van der Waals surface area contributed by atoms with Gasteiger partial charge < -0.3 is 10.5 Å². The molecule has 0 atom stereocenters. The lowest BCUT2D eigenvalue weighted by Gasteiger charge is -2.11. The molecule has 2 rings (SSSR count). The molecule has 0 fully saturated rings. The number of rotatable bonds is 4. The minimum Gasteiger partial charge on any atom is -0.454 e. The number of aryl methyl sites for hydroxylation is 1. The maximum atomic E-state index is 13.5. The molecule has 0 aliphatic rings. The summed E-state index contributed by atoms with van der Waals surface area (Å²) in [6.45, 7) is 2.42. The third kappa shape index (κ3) is 3.09. The van der Waals surface area contributed by atoms with E-state index in [1.165, 1.54) is 12.1 Å². The van der Waals surface area contributed by atoms with Gasteiger partial charge in [0.1, 0.15) is 5.75 Å². The van der Waals surface area contributed by atoms with E-state index in [9.17, 15) is 8.78 Å². The van der Waals surface area contributed by atoms with Gasteiger partial charge in [-0.15, -0.1) is 0 Å². The Morgan fingerprint density at radius 1 is 1.11 bits per heavy atom. The van der Waals surface area contributed by atoms with Crippen molar-refractivity contribution in [3.63, 3.8) is 0 Å². The number of ether oxygens (including phenoxy) is 1. The second-order valence-corrected chi connectivity index (χ2v) is 4.29. The Labute approximate surface area is 110 Å². The van der Waals surface area contributed by atoms with Gasteiger partial charge in [0.05, 0.1) is 0 Å². The van der Waals surface area contributed by atoms with Crippen LogP contribution in [-0.2, 0) is 6.42 Å². The Hall–Kier alpha value is -1.94. The van der Waals surface area contributed by atoms with Crippen molar-refractivity contribution >= 4 is 0 Å². The highest BCUT2D eigenvalue weighted by Gasteiger charge is 2.11. The van der Waals surface area contributed by atoms with Gasteiger partial charge in [-0.25, -0.2) is 4.39 Å². The quantitative estimate of drug-likeness (QED) is 0.915. The SMILES string of the molecule is Cc1cc(CCN)ccc1Oc1cccc(F)c1F. The van der Waals surface area contributed by atoms with Gasteiger partial charge in [-0.05, 0) is 49.2 Å². The summed E-state index contributed by atoms with van der Waals surface area (Å²) in [4.78, 5) is 0. The number of nitrogens with two attached hydrogens (primary N) is 1. The molecule has 2 aromatic carbocycles. The summed E-state index contributed by atoms with van der Waals surface area (Å²) in [5.41, 5.74) is 7.43. The molecule has 0 aromatic heterocycles. The number of hydrogen-bond donors (Lipinski definition) is 1. The van der Waals surface area contributed by atoms with Crippen molar-refractivity contribution in [3.05, 3.63) is 59.2 Å². The van der Waals surface area contributed by atoms with Crippen molar-refractivity contribution in [2.45, 2.75) is 13.3 Å². The van der Waals surface area contributed by atoms with Crippen LogP contribution in [0.25, 0.3) is 0 Å². The molecule has 100 valence electrons. The van der Waals surface area contributed by atoms with Gasteiger partial charge in [0.2, 0.25) is 5.82 Å². The Morgan fingerprint density at radius 3 is 2.58 bits per heavy atom. The maximum absolute atomic E-state index is 13.5. The van der Waals surface area contributed by atoms with E-state index in [2.05, 4.69) is 0 Å². The van der Waals surface area contributed by atoms with Crippen molar-refractivity contribution in [2.24, 2.45) is 5.73 Å². The predicted octanol–water partition coefficient (Wildman–Crippen LogP) is 3.57. The maximum Gasteiger partial charge on any atom is 0.201 e. The lowest BCUT2D eigenvalue weighted by atomic mass is 10.1. The molecule has 0 unspecified atom stereocenters. The van der Waals surface area contributed by atoms with Crippen molar-refractivity contribution in [2.75, 3.05) is 6.54 Å². The lowest BCUT2D eigenvalue weighted by molar-refractivity contribution is 0.414. The van der Waals surface area contributed by atoms with E-state index in [1.54, 1.807) is 6.07 Å². The van der Waals surface area contributed by atoms with Crippen LogP contribution in [0.4, 0.5) is 8.78 Å². The number of hydrogen-bond acceptors (Lipinski definition) is 2. The summed E-state index contributed by atoms with van der Waals surface area (Å²) >= 11 is 0. The first kappa shape index (κ1) is 13.5. The number of benzene rings is 2. The standard InChI is InChI=1S/C15H15F2NO/c1-10-9-11(7-8-18)5-6-13(10)19-14-4-2-3-12(16)15(14)17/h2-6,9H,7-8,18H2,1H3. The third-order valence-corrected chi connectivity index (χ3v) is 2.81. The Morgan fingerprint density at radius 2 is 1.89 bits per heavy atom. The van der Waals surface area contributed by atoms with Gasteiger partial charge in [0.15, 0.2) is 11.6 Å². The molecular weight excluding hydrogens is 248 g/mol. The molecule has 4 heteroatoms. The van der Waals surface area contributed by atoms with Crippen molar-refractivity contribution in [3.8, 4) is 11.5 Å². The van der Waals surface area contributed by atoms with Gasteiger partial charge in [-0.2, -0.15) is 4.39 Å². The first-order valence-corrected chi connectivity index (χ1v) is 6.03. The molecule has 0 spiro atoms. The molecule has 0 bridgehead atoms. The average Bonchev–Trinajstić information content (AvgIpc) is 2.38. The Kier molecular flexibility index (Phi) is 4.12. The number of halogens is 2. The predicted molar refractivity (Wildman–Crippen MR) is 70.4 cm³/mol. The molecule has 19 heavy (non-hydrogen) atoms. The van der Waals surface area contributed by atoms with E-state index < -0.39 is 11.6 Å². The summed E-state index contributed by atoms with van der Waals surface area (Å²) in [6, 6.07) is 9.40. The molecule has 0 saturated carbocycles. The molecule has 0 saturated heterocycles. The Bertz CT molecular complexity index is 584. The second-order valence-electron chi connectivity index (χ2n) is 4.29. The molecule has 2 N–H and O–H groups in total. The molecule has 0 amide bonds. The van der Waals surface area contributed by atoms with Crippen LogP contribution in [0.15, 0.2) is 36.4 Å². The molecule has 0 heterocycles. The van der Waals surface area contributed by atoms with Crippen LogP contribution >= 0.6 is 0 Å². The smallest absolute Gasteiger partial charge is 0.201 e. The molecule has 0 aliphatic carbocycles. The monoisotopic (exact) mass is 263 g/mol. The Balaban J connectivity index is 2.26. The largest absolute Gasteiger partial charge is 0.454 e. The molecule has 0 radical (unpaired) electrons. The minimum atomic E-state index is -0.979. The van der Waals surface area contributed by atoms with E-state index in [1.807, 2.05) is 19.1 Å². The molecule has 2 nitrogen and oxygen atoms in total. The van der Waals surface area contributed by atoms with E-state index in [-0.39, 0.29) is 5.75 Å². The van der Waals surface area contributed by atoms with Crippen LogP contribution in [0, 0.1) is 18.6 Å². The molecular formula is C15H15F2NO. The van der Waals surface area contributed by atoms with Crippen LogP contribution in [0.3, 0.4) is 0 Å². The second kappa shape index (κ2) is 5.80. The highest BCUT2D eigenvalue weighted by atomic mass is 19.2. The summed E-state index contributed by atoms with van der Waals surface area (Å²) in [5.74, 6) is -1.51. The van der Waals surface area contributed by atoms with E-state index >= 15 is 0 Å². The van der Waals surface area contributed by atoms with Crippen LogP contribution in [0.1, 0.15) is 11.1 Å². The topological polar surface area (TPSA) is 35.2 Å². The fourth-order valence-corrected chi connectivity index (χ4v) is 1.83. The zero-order valence-corrected chi connectivity index (χ0v) is 10.6. The van der Waals surface area contributed by atoms with Crippen molar-refractivity contribution in [1.29, 1.82) is 0 Å².